The van der Waals surface area contributed by atoms with Crippen LogP contribution in [0.5, 0.6) is 0 Å². The van der Waals surface area contributed by atoms with Crippen molar-refractivity contribution in [1.82, 2.24) is 4.57 Å². The Bertz CT molecular complexity index is 3350. The van der Waals surface area contributed by atoms with E-state index in [2.05, 4.69) is 252 Å². The highest BCUT2D eigenvalue weighted by atomic mass is 15.1. The highest BCUT2D eigenvalue weighted by molar-refractivity contribution is 6.10. The number of hydrogen-bond acceptors (Lipinski definition) is 1. The van der Waals surface area contributed by atoms with Crippen molar-refractivity contribution in [3.8, 4) is 27.9 Å². The summed E-state index contributed by atoms with van der Waals surface area (Å²) in [5.41, 5.74) is 16.5. The Balaban J connectivity index is 1.00. The van der Waals surface area contributed by atoms with Crippen LogP contribution in [-0.2, 0) is 5.41 Å². The van der Waals surface area contributed by atoms with Crippen LogP contribution in [0.3, 0.4) is 0 Å². The van der Waals surface area contributed by atoms with Crippen LogP contribution < -0.4 is 4.90 Å². The standard InChI is InChI=1S/C59H40N2/c1-5-19-45(20-6-1)59(46-21-7-2-8-22-46)55-39-44(31-35-51(55)53-37-42-17-13-14-18-43(42)38-56(53)59)41-29-32-49(33-30-41)60(47-23-9-3-10-24-47)50-34-36-58-54(40-50)52-27-15-16-28-57(52)61(58)48-25-11-4-12-26-48/h1-40H. The summed E-state index contributed by atoms with van der Waals surface area (Å²) in [6.07, 6.45) is 0. The van der Waals surface area contributed by atoms with Gasteiger partial charge in [0.2, 0.25) is 0 Å². The van der Waals surface area contributed by atoms with Gasteiger partial charge in [0.15, 0.2) is 0 Å². The van der Waals surface area contributed by atoms with Crippen LogP contribution in [-0.4, -0.2) is 4.57 Å². The van der Waals surface area contributed by atoms with Gasteiger partial charge in [0.1, 0.15) is 0 Å². The summed E-state index contributed by atoms with van der Waals surface area (Å²) in [5, 5.41) is 4.97. The van der Waals surface area contributed by atoms with Crippen molar-refractivity contribution >= 4 is 49.6 Å². The molecule has 0 saturated carbocycles. The van der Waals surface area contributed by atoms with Crippen LogP contribution in [0, 0.1) is 0 Å². The van der Waals surface area contributed by atoms with Gasteiger partial charge in [-0.2, -0.15) is 0 Å². The second-order valence-corrected chi connectivity index (χ2v) is 16.1. The van der Waals surface area contributed by atoms with Gasteiger partial charge in [-0.15, -0.1) is 0 Å². The first-order valence-electron chi connectivity index (χ1n) is 21.1. The summed E-state index contributed by atoms with van der Waals surface area (Å²) in [7, 11) is 0. The zero-order valence-electron chi connectivity index (χ0n) is 33.5. The normalized spacial score (nSPS) is 12.7. The molecule has 12 rings (SSSR count). The molecule has 0 amide bonds. The van der Waals surface area contributed by atoms with Crippen LogP contribution in [0.2, 0.25) is 0 Å². The molecule has 0 saturated heterocycles. The molecule has 0 N–H and O–H groups in total. The summed E-state index contributed by atoms with van der Waals surface area (Å²) < 4.78 is 2.37. The number of para-hydroxylation sites is 3. The van der Waals surface area contributed by atoms with Gasteiger partial charge >= 0.3 is 0 Å². The molecule has 2 nitrogen and oxygen atoms in total. The molecule has 286 valence electrons. The molecule has 0 aliphatic heterocycles. The molecule has 1 aliphatic rings. The van der Waals surface area contributed by atoms with Crippen molar-refractivity contribution in [3.05, 3.63) is 265 Å². The van der Waals surface area contributed by atoms with E-state index in [4.69, 9.17) is 0 Å². The van der Waals surface area contributed by atoms with Gasteiger partial charge < -0.3 is 9.47 Å². The zero-order chi connectivity index (χ0) is 40.3. The van der Waals surface area contributed by atoms with E-state index in [0.29, 0.717) is 0 Å². The fourth-order valence-corrected chi connectivity index (χ4v) is 10.1. The lowest BCUT2D eigenvalue weighted by Gasteiger charge is -2.34. The minimum Gasteiger partial charge on any atom is -0.310 e. The van der Waals surface area contributed by atoms with Crippen molar-refractivity contribution in [2.24, 2.45) is 0 Å². The summed E-state index contributed by atoms with van der Waals surface area (Å²) >= 11 is 0. The highest BCUT2D eigenvalue weighted by Gasteiger charge is 2.46. The molecular weight excluding hydrogens is 737 g/mol. The average molecular weight is 777 g/mol. The van der Waals surface area contributed by atoms with Crippen LogP contribution in [0.1, 0.15) is 22.3 Å². The topological polar surface area (TPSA) is 8.17 Å². The third-order valence-electron chi connectivity index (χ3n) is 12.8. The Morgan fingerprint density at radius 2 is 0.852 bits per heavy atom. The van der Waals surface area contributed by atoms with E-state index >= 15 is 0 Å². The minimum absolute atomic E-state index is 0.487. The second kappa shape index (κ2) is 14.1. The van der Waals surface area contributed by atoms with E-state index in [0.717, 1.165) is 22.7 Å². The number of fused-ring (bicyclic) bond motifs is 7. The maximum atomic E-state index is 2.46. The average Bonchev–Trinajstić information content (AvgIpc) is 3.82. The predicted molar refractivity (Wildman–Crippen MR) is 256 cm³/mol. The van der Waals surface area contributed by atoms with Gasteiger partial charge in [-0.25, -0.2) is 0 Å². The summed E-state index contributed by atoms with van der Waals surface area (Å²) in [6, 6.07) is 89.0. The monoisotopic (exact) mass is 776 g/mol. The van der Waals surface area contributed by atoms with Gasteiger partial charge in [-0.1, -0.05) is 164 Å². The molecule has 11 aromatic rings. The van der Waals surface area contributed by atoms with E-state index in [1.54, 1.807) is 0 Å². The van der Waals surface area contributed by atoms with E-state index in [-0.39, 0.29) is 0 Å². The number of aromatic nitrogens is 1. The Kier molecular flexibility index (Phi) is 8.11. The molecule has 10 aromatic carbocycles. The molecule has 1 aromatic heterocycles. The molecule has 0 spiro atoms. The van der Waals surface area contributed by atoms with E-state index in [1.165, 1.54) is 77.1 Å². The summed E-state index contributed by atoms with van der Waals surface area (Å²) in [4.78, 5) is 2.37. The smallest absolute Gasteiger partial charge is 0.0714 e. The Morgan fingerprint density at radius 1 is 0.328 bits per heavy atom. The van der Waals surface area contributed by atoms with Gasteiger partial charge in [0.05, 0.1) is 16.4 Å². The van der Waals surface area contributed by atoms with Crippen molar-refractivity contribution in [2.75, 3.05) is 4.90 Å². The molecule has 61 heavy (non-hydrogen) atoms. The lowest BCUT2D eigenvalue weighted by Crippen LogP contribution is -2.28. The highest BCUT2D eigenvalue weighted by Crippen LogP contribution is 2.57. The van der Waals surface area contributed by atoms with Crippen molar-refractivity contribution in [3.63, 3.8) is 0 Å². The lowest BCUT2D eigenvalue weighted by atomic mass is 9.67. The van der Waals surface area contributed by atoms with Crippen LogP contribution in [0.25, 0.3) is 60.5 Å². The molecule has 1 heterocycles. The fourth-order valence-electron chi connectivity index (χ4n) is 10.1. The molecule has 2 heteroatoms. The van der Waals surface area contributed by atoms with Crippen molar-refractivity contribution in [2.45, 2.75) is 5.41 Å². The number of benzene rings is 10. The maximum Gasteiger partial charge on any atom is 0.0714 e. The predicted octanol–water partition coefficient (Wildman–Crippen LogP) is 15.4. The van der Waals surface area contributed by atoms with Gasteiger partial charge in [0, 0.05) is 33.5 Å². The second-order valence-electron chi connectivity index (χ2n) is 16.1. The maximum absolute atomic E-state index is 2.46. The number of rotatable bonds is 7. The number of anilines is 3. The summed E-state index contributed by atoms with van der Waals surface area (Å²) in [5.74, 6) is 0. The Morgan fingerprint density at radius 3 is 1.56 bits per heavy atom. The SMILES string of the molecule is c1ccc(N(c2ccc(-c3ccc4c(c3)C(c3ccccc3)(c3ccccc3)c3cc5ccccc5cc3-4)cc2)c2ccc3c(c2)c2ccccc2n3-c2ccccc2)cc1. The fraction of sp³-hybridized carbons (Fsp3) is 0.0169. The summed E-state index contributed by atoms with van der Waals surface area (Å²) in [6.45, 7) is 0. The largest absolute Gasteiger partial charge is 0.310 e. The number of nitrogens with zero attached hydrogens (tertiary/aromatic N) is 2. The van der Waals surface area contributed by atoms with Crippen LogP contribution in [0.15, 0.2) is 243 Å². The van der Waals surface area contributed by atoms with Crippen molar-refractivity contribution in [1.29, 1.82) is 0 Å². The number of hydrogen-bond donors (Lipinski definition) is 0. The van der Waals surface area contributed by atoms with Crippen molar-refractivity contribution < 1.29 is 0 Å². The molecule has 0 unspecified atom stereocenters. The van der Waals surface area contributed by atoms with Crippen LogP contribution >= 0.6 is 0 Å². The third kappa shape index (κ3) is 5.50. The molecule has 0 bridgehead atoms. The van der Waals surface area contributed by atoms with Gasteiger partial charge in [0.25, 0.3) is 0 Å². The van der Waals surface area contributed by atoms with E-state index < -0.39 is 5.41 Å². The first-order chi connectivity index (χ1) is 30.3. The Labute approximate surface area is 355 Å². The quantitative estimate of drug-likeness (QED) is 0.156. The molecule has 0 radical (unpaired) electrons. The third-order valence-corrected chi connectivity index (χ3v) is 12.8. The van der Waals surface area contributed by atoms with Gasteiger partial charge in [-0.05, 0) is 134 Å². The Hall–Kier alpha value is -7.94. The van der Waals surface area contributed by atoms with E-state index in [1.807, 2.05) is 0 Å². The molecule has 0 atom stereocenters. The molecule has 1 aliphatic carbocycles. The molecule has 0 fully saturated rings. The van der Waals surface area contributed by atoms with Crippen LogP contribution in [0.4, 0.5) is 17.1 Å². The van der Waals surface area contributed by atoms with Gasteiger partial charge in [-0.3, -0.25) is 0 Å². The lowest BCUT2D eigenvalue weighted by molar-refractivity contribution is 0.770. The first-order valence-corrected chi connectivity index (χ1v) is 21.1. The molecular formula is C59H40N2. The first kappa shape index (κ1) is 35.0. The van der Waals surface area contributed by atoms with E-state index in [9.17, 15) is 0 Å². The zero-order valence-corrected chi connectivity index (χ0v) is 33.5. The minimum atomic E-state index is -0.487.